The highest BCUT2D eigenvalue weighted by Crippen LogP contribution is 2.26. The molecule has 0 unspecified atom stereocenters. The molecule has 2 aromatic heterocycles. The first-order valence-corrected chi connectivity index (χ1v) is 11.2. The summed E-state index contributed by atoms with van der Waals surface area (Å²) in [6.45, 7) is 5.03. The molecule has 1 aliphatic rings. The van der Waals surface area contributed by atoms with Gasteiger partial charge in [-0.1, -0.05) is 6.07 Å². The van der Waals surface area contributed by atoms with Gasteiger partial charge in [-0.25, -0.2) is 27.2 Å². The molecule has 0 atom stereocenters. The van der Waals surface area contributed by atoms with Crippen LogP contribution in [0.4, 0.5) is 14.6 Å². The van der Waals surface area contributed by atoms with E-state index in [1.54, 1.807) is 6.20 Å². The van der Waals surface area contributed by atoms with E-state index in [9.17, 15) is 17.2 Å². The van der Waals surface area contributed by atoms with Crippen LogP contribution in [0.3, 0.4) is 0 Å². The van der Waals surface area contributed by atoms with Crippen molar-refractivity contribution in [3.8, 4) is 11.5 Å². The molecule has 3 heterocycles. The van der Waals surface area contributed by atoms with Crippen LogP contribution >= 0.6 is 0 Å². The minimum absolute atomic E-state index is 0.197. The van der Waals surface area contributed by atoms with Crippen LogP contribution in [0.1, 0.15) is 11.3 Å². The number of sulfonamides is 1. The van der Waals surface area contributed by atoms with Gasteiger partial charge in [0, 0.05) is 43.6 Å². The van der Waals surface area contributed by atoms with Gasteiger partial charge in [-0.15, -0.1) is 0 Å². The number of hydrogen-bond acceptors (Lipinski definition) is 6. The summed E-state index contributed by atoms with van der Waals surface area (Å²) in [7, 11) is -3.92. The zero-order valence-corrected chi connectivity index (χ0v) is 17.9. The largest absolute Gasteiger partial charge is 0.354 e. The molecule has 7 nitrogen and oxygen atoms in total. The zero-order valence-electron chi connectivity index (χ0n) is 17.1. The van der Waals surface area contributed by atoms with E-state index in [2.05, 4.69) is 15.0 Å². The molecule has 4 rings (SSSR count). The van der Waals surface area contributed by atoms with Crippen molar-refractivity contribution in [1.82, 2.24) is 19.3 Å². The molecule has 1 saturated heterocycles. The lowest BCUT2D eigenvalue weighted by molar-refractivity contribution is 0.383. The smallest absolute Gasteiger partial charge is 0.243 e. The minimum Gasteiger partial charge on any atom is -0.354 e. The fourth-order valence-electron chi connectivity index (χ4n) is 3.46. The molecule has 0 amide bonds. The van der Waals surface area contributed by atoms with Gasteiger partial charge in [-0.3, -0.25) is 4.98 Å². The van der Waals surface area contributed by atoms with Gasteiger partial charge in [0.25, 0.3) is 0 Å². The molecule has 10 heteroatoms. The minimum atomic E-state index is -3.92. The van der Waals surface area contributed by atoms with Gasteiger partial charge < -0.3 is 4.90 Å². The molecule has 0 aliphatic carbocycles. The number of aromatic nitrogens is 3. The highest BCUT2D eigenvalue weighted by Gasteiger charge is 2.30. The lowest BCUT2D eigenvalue weighted by atomic mass is 10.2. The van der Waals surface area contributed by atoms with E-state index in [-0.39, 0.29) is 18.0 Å². The maximum atomic E-state index is 13.5. The van der Waals surface area contributed by atoms with Crippen molar-refractivity contribution in [2.45, 2.75) is 18.7 Å². The molecule has 0 radical (unpaired) electrons. The first kappa shape index (κ1) is 21.3. The van der Waals surface area contributed by atoms with Crippen molar-refractivity contribution in [2.75, 3.05) is 31.1 Å². The normalized spacial score (nSPS) is 15.3. The van der Waals surface area contributed by atoms with Crippen LogP contribution in [0, 0.1) is 25.5 Å². The summed E-state index contributed by atoms with van der Waals surface area (Å²) in [6, 6.07) is 8.14. The van der Waals surface area contributed by atoms with Crippen LogP contribution in [0.15, 0.2) is 47.5 Å². The second-order valence-corrected chi connectivity index (χ2v) is 9.20. The lowest BCUT2D eigenvalue weighted by Gasteiger charge is -2.35. The van der Waals surface area contributed by atoms with E-state index < -0.39 is 21.7 Å². The summed E-state index contributed by atoms with van der Waals surface area (Å²) in [5.74, 6) is -1.02. The van der Waals surface area contributed by atoms with Crippen molar-refractivity contribution in [3.63, 3.8) is 0 Å². The van der Waals surface area contributed by atoms with Crippen LogP contribution in [0.2, 0.25) is 0 Å². The number of aryl methyl sites for hydroxylation is 1. The number of hydrogen-bond donors (Lipinski definition) is 0. The number of nitrogens with zero attached hydrogens (tertiary/aromatic N) is 5. The highest BCUT2D eigenvalue weighted by molar-refractivity contribution is 7.89. The Hall–Kier alpha value is -2.98. The third kappa shape index (κ3) is 4.13. The number of rotatable bonds is 4. The summed E-state index contributed by atoms with van der Waals surface area (Å²) >= 11 is 0. The van der Waals surface area contributed by atoms with E-state index in [0.717, 1.165) is 29.2 Å². The summed E-state index contributed by atoms with van der Waals surface area (Å²) in [5, 5.41) is 0. The molecular weight excluding hydrogens is 424 g/mol. The predicted octanol–water partition coefficient (Wildman–Crippen LogP) is 2.94. The van der Waals surface area contributed by atoms with Crippen LogP contribution in [-0.2, 0) is 10.0 Å². The molecule has 31 heavy (non-hydrogen) atoms. The Morgan fingerprint density at radius 2 is 1.68 bits per heavy atom. The number of anilines is 1. The number of halogens is 2. The van der Waals surface area contributed by atoms with Gasteiger partial charge >= 0.3 is 0 Å². The molecule has 1 aliphatic heterocycles. The maximum Gasteiger partial charge on any atom is 0.243 e. The van der Waals surface area contributed by atoms with Crippen LogP contribution in [0.25, 0.3) is 11.5 Å². The number of pyridine rings is 1. The fourth-order valence-corrected chi connectivity index (χ4v) is 4.89. The lowest BCUT2D eigenvalue weighted by Crippen LogP contribution is -2.49. The molecule has 1 aromatic carbocycles. The van der Waals surface area contributed by atoms with Gasteiger partial charge in [0.15, 0.2) is 17.5 Å². The molecule has 0 N–H and O–H groups in total. The fraction of sp³-hybridized carbons (Fsp3) is 0.286. The second-order valence-electron chi connectivity index (χ2n) is 7.26. The van der Waals surface area contributed by atoms with Gasteiger partial charge in [-0.05, 0) is 44.2 Å². The van der Waals surface area contributed by atoms with Crippen molar-refractivity contribution in [1.29, 1.82) is 0 Å². The van der Waals surface area contributed by atoms with Gasteiger partial charge in [0.2, 0.25) is 10.0 Å². The average Bonchev–Trinajstić information content (AvgIpc) is 2.78. The summed E-state index contributed by atoms with van der Waals surface area (Å²) in [4.78, 5) is 15.3. The Morgan fingerprint density at radius 3 is 2.32 bits per heavy atom. The molecule has 1 fully saturated rings. The topological polar surface area (TPSA) is 79.3 Å². The first-order chi connectivity index (χ1) is 14.8. The van der Waals surface area contributed by atoms with E-state index in [4.69, 9.17) is 0 Å². The standard InChI is InChI=1S/C21H21F2N5O2S/c1-14-15(2)25-20(19-5-3-4-8-24-19)26-21(14)27-9-11-28(12-10-27)31(29,30)16-6-7-17(22)18(23)13-16/h3-8,13H,9-12H2,1-2H3. The molecule has 0 bridgehead atoms. The van der Waals surface area contributed by atoms with Crippen molar-refractivity contribution < 1.29 is 17.2 Å². The second kappa shape index (κ2) is 8.27. The van der Waals surface area contributed by atoms with Gasteiger partial charge in [0.05, 0.1) is 4.90 Å². The zero-order chi connectivity index (χ0) is 22.2. The average molecular weight is 445 g/mol. The van der Waals surface area contributed by atoms with E-state index in [0.29, 0.717) is 30.7 Å². The molecule has 162 valence electrons. The predicted molar refractivity (Wildman–Crippen MR) is 112 cm³/mol. The van der Waals surface area contributed by atoms with Crippen molar-refractivity contribution >= 4 is 15.8 Å². The Morgan fingerprint density at radius 1 is 0.935 bits per heavy atom. The Bertz CT molecular complexity index is 1210. The number of piperazine rings is 1. The Kier molecular flexibility index (Phi) is 5.67. The third-order valence-corrected chi connectivity index (χ3v) is 7.22. The van der Waals surface area contributed by atoms with E-state index in [1.807, 2.05) is 36.9 Å². The number of benzene rings is 1. The van der Waals surface area contributed by atoms with Crippen LogP contribution in [-0.4, -0.2) is 53.9 Å². The molecule has 0 saturated carbocycles. The quantitative estimate of drug-likeness (QED) is 0.615. The summed E-state index contributed by atoms with van der Waals surface area (Å²) in [5.41, 5.74) is 2.39. The maximum absolute atomic E-state index is 13.5. The van der Waals surface area contributed by atoms with Crippen LogP contribution < -0.4 is 4.90 Å². The van der Waals surface area contributed by atoms with Crippen molar-refractivity contribution in [3.05, 3.63) is 65.5 Å². The van der Waals surface area contributed by atoms with Gasteiger partial charge in [0.1, 0.15) is 11.5 Å². The Labute approximate surface area is 179 Å². The SMILES string of the molecule is Cc1nc(-c2ccccn2)nc(N2CCN(S(=O)(=O)c3ccc(F)c(F)c3)CC2)c1C. The third-order valence-electron chi connectivity index (χ3n) is 5.32. The summed E-state index contributed by atoms with van der Waals surface area (Å²) < 4.78 is 53.7. The van der Waals surface area contributed by atoms with Crippen molar-refractivity contribution in [2.24, 2.45) is 0 Å². The van der Waals surface area contributed by atoms with E-state index in [1.165, 1.54) is 4.31 Å². The molecule has 3 aromatic rings. The van der Waals surface area contributed by atoms with E-state index >= 15 is 0 Å². The highest BCUT2D eigenvalue weighted by atomic mass is 32.2. The van der Waals surface area contributed by atoms with Crippen LogP contribution in [0.5, 0.6) is 0 Å². The Balaban J connectivity index is 1.56. The monoisotopic (exact) mass is 445 g/mol. The van der Waals surface area contributed by atoms with Gasteiger partial charge in [-0.2, -0.15) is 4.31 Å². The first-order valence-electron chi connectivity index (χ1n) is 9.74. The summed E-state index contributed by atoms with van der Waals surface area (Å²) in [6.07, 6.45) is 1.68. The molecule has 0 spiro atoms. The molecular formula is C21H21F2N5O2S.